The van der Waals surface area contributed by atoms with Crippen molar-refractivity contribution >= 4 is 11.8 Å². The molecule has 3 rings (SSSR count). The highest BCUT2D eigenvalue weighted by Gasteiger charge is 2.37. The molecule has 0 saturated carbocycles. The molecule has 2 atom stereocenters. The summed E-state index contributed by atoms with van der Waals surface area (Å²) in [6.07, 6.45) is 0.655. The Morgan fingerprint density at radius 2 is 2.10 bits per heavy atom. The van der Waals surface area contributed by atoms with Crippen molar-refractivity contribution in [1.82, 2.24) is 29.8 Å². The molecule has 0 radical (unpaired) electrons. The van der Waals surface area contributed by atoms with Gasteiger partial charge >= 0.3 is 0 Å². The number of amides is 2. The average Bonchev–Trinajstić information content (AvgIpc) is 3.38. The Bertz CT molecular complexity index is 938. The normalized spacial score (nSPS) is 18.7. The minimum Gasteiger partial charge on any atom is -0.383 e. The van der Waals surface area contributed by atoms with Crippen molar-refractivity contribution in [2.75, 3.05) is 20.3 Å². The fraction of sp³-hybridized carbons (Fsp3) is 0.619. The number of halogens is 1. The number of carbonyl (C=O) groups excluding carboxylic acids is 2. The van der Waals surface area contributed by atoms with Crippen LogP contribution in [0.4, 0.5) is 4.39 Å². The summed E-state index contributed by atoms with van der Waals surface area (Å²) in [5, 5.41) is 10.7. The van der Waals surface area contributed by atoms with Crippen LogP contribution in [0.15, 0.2) is 12.3 Å². The fourth-order valence-corrected chi connectivity index (χ4v) is 4.02. The molecule has 2 aromatic rings. The first-order valence-corrected chi connectivity index (χ1v) is 10.5. The minimum atomic E-state index is -1.10. The number of ether oxygens (including phenoxy) is 1. The average molecular weight is 435 g/mol. The van der Waals surface area contributed by atoms with E-state index in [0.717, 1.165) is 11.4 Å². The molecule has 1 fully saturated rings. The number of likely N-dealkylation sites (tertiary alicyclic amines) is 1. The second-order valence-corrected chi connectivity index (χ2v) is 8.33. The molecule has 1 saturated heterocycles. The van der Waals surface area contributed by atoms with Crippen LogP contribution in [-0.4, -0.2) is 74.8 Å². The first kappa shape index (κ1) is 22.9. The number of carbonyl (C=O) groups is 2. The molecule has 1 aliphatic rings. The maximum absolute atomic E-state index is 14.3. The van der Waals surface area contributed by atoms with E-state index in [2.05, 4.69) is 15.6 Å². The molecular formula is C21H31FN6O3. The van der Waals surface area contributed by atoms with Gasteiger partial charge in [-0.15, -0.1) is 5.10 Å². The van der Waals surface area contributed by atoms with Crippen LogP contribution in [0.5, 0.6) is 0 Å². The van der Waals surface area contributed by atoms with E-state index in [1.807, 2.05) is 38.3 Å². The molecule has 3 heterocycles. The second-order valence-electron chi connectivity index (χ2n) is 8.33. The Morgan fingerprint density at radius 3 is 2.77 bits per heavy atom. The molecule has 10 heteroatoms. The Balaban J connectivity index is 1.75. The molecule has 31 heavy (non-hydrogen) atoms. The largest absolute Gasteiger partial charge is 0.383 e. The van der Waals surface area contributed by atoms with Crippen LogP contribution in [0.2, 0.25) is 0 Å². The molecule has 1 aliphatic heterocycles. The first-order valence-electron chi connectivity index (χ1n) is 10.5. The summed E-state index contributed by atoms with van der Waals surface area (Å²) in [6, 6.07) is 1.46. The van der Waals surface area contributed by atoms with E-state index < -0.39 is 6.17 Å². The first-order chi connectivity index (χ1) is 14.7. The molecule has 0 bridgehead atoms. The van der Waals surface area contributed by atoms with Gasteiger partial charge in [0.1, 0.15) is 6.17 Å². The number of alkyl halides is 1. The Hall–Kier alpha value is -2.75. The van der Waals surface area contributed by atoms with Gasteiger partial charge in [-0.3, -0.25) is 9.59 Å². The standard InChI is InChI=1S/C21H31FN6O3/c1-13(2)23-20(29)19-12-26(25-24-19)11-17-9-16(22)10-28(17)21(30)18-8-14(3)27(15(18)4)6-7-31-5/h8,12-13,16-17H,6-7,9-11H2,1-5H3,(H,23,29)/t16-,17-/m0/s1. The number of hydrogen-bond acceptors (Lipinski definition) is 5. The predicted molar refractivity (Wildman–Crippen MR) is 113 cm³/mol. The lowest BCUT2D eigenvalue weighted by Crippen LogP contribution is -2.38. The van der Waals surface area contributed by atoms with E-state index in [1.54, 1.807) is 12.0 Å². The lowest BCUT2D eigenvalue weighted by atomic mass is 10.1. The van der Waals surface area contributed by atoms with Gasteiger partial charge < -0.3 is 19.5 Å². The number of methoxy groups -OCH3 is 1. The minimum absolute atomic E-state index is 0.0178. The highest BCUT2D eigenvalue weighted by atomic mass is 19.1. The zero-order valence-corrected chi connectivity index (χ0v) is 18.8. The van der Waals surface area contributed by atoms with Crippen molar-refractivity contribution in [2.45, 2.75) is 65.5 Å². The van der Waals surface area contributed by atoms with Crippen LogP contribution in [0, 0.1) is 13.8 Å². The molecule has 0 aromatic carbocycles. The summed E-state index contributed by atoms with van der Waals surface area (Å²) in [4.78, 5) is 27.0. The summed E-state index contributed by atoms with van der Waals surface area (Å²) in [6.45, 7) is 9.06. The van der Waals surface area contributed by atoms with Gasteiger partial charge in [-0.05, 0) is 33.8 Å². The van der Waals surface area contributed by atoms with E-state index in [-0.39, 0.29) is 49.1 Å². The third kappa shape index (κ3) is 5.12. The topological polar surface area (TPSA) is 94.3 Å². The summed E-state index contributed by atoms with van der Waals surface area (Å²) in [7, 11) is 1.64. The number of hydrogen-bond donors (Lipinski definition) is 1. The predicted octanol–water partition coefficient (Wildman–Crippen LogP) is 1.73. The fourth-order valence-electron chi connectivity index (χ4n) is 4.02. The van der Waals surface area contributed by atoms with Crippen LogP contribution < -0.4 is 5.32 Å². The molecule has 9 nitrogen and oxygen atoms in total. The molecule has 2 aromatic heterocycles. The van der Waals surface area contributed by atoms with E-state index in [0.29, 0.717) is 18.7 Å². The van der Waals surface area contributed by atoms with Crippen LogP contribution in [-0.2, 0) is 17.8 Å². The van der Waals surface area contributed by atoms with Gasteiger partial charge in [0.25, 0.3) is 11.8 Å². The van der Waals surface area contributed by atoms with Gasteiger partial charge in [0.05, 0.1) is 37.5 Å². The quantitative estimate of drug-likeness (QED) is 0.683. The highest BCUT2D eigenvalue weighted by molar-refractivity contribution is 5.96. The third-order valence-corrected chi connectivity index (χ3v) is 5.54. The Labute approximate surface area is 181 Å². The zero-order valence-electron chi connectivity index (χ0n) is 18.8. The van der Waals surface area contributed by atoms with Crippen molar-refractivity contribution in [1.29, 1.82) is 0 Å². The molecule has 0 unspecified atom stereocenters. The van der Waals surface area contributed by atoms with Crippen LogP contribution in [0.3, 0.4) is 0 Å². The number of aryl methyl sites for hydroxylation is 1. The molecule has 1 N–H and O–H groups in total. The maximum atomic E-state index is 14.3. The van der Waals surface area contributed by atoms with Gasteiger partial charge in [0.2, 0.25) is 0 Å². The number of nitrogens with zero attached hydrogens (tertiary/aromatic N) is 5. The van der Waals surface area contributed by atoms with E-state index in [9.17, 15) is 14.0 Å². The number of aromatic nitrogens is 4. The maximum Gasteiger partial charge on any atom is 0.273 e. The zero-order chi connectivity index (χ0) is 22.7. The molecule has 2 amide bonds. The van der Waals surface area contributed by atoms with Gasteiger partial charge in [-0.25, -0.2) is 9.07 Å². The molecule has 0 aliphatic carbocycles. The van der Waals surface area contributed by atoms with Crippen molar-refractivity contribution in [3.63, 3.8) is 0 Å². The van der Waals surface area contributed by atoms with Gasteiger partial charge in [0.15, 0.2) is 5.69 Å². The molecular weight excluding hydrogens is 403 g/mol. The lowest BCUT2D eigenvalue weighted by Gasteiger charge is -2.24. The lowest BCUT2D eigenvalue weighted by molar-refractivity contribution is 0.0713. The summed E-state index contributed by atoms with van der Waals surface area (Å²) in [5.41, 5.74) is 2.57. The van der Waals surface area contributed by atoms with Crippen molar-refractivity contribution in [2.24, 2.45) is 0 Å². The van der Waals surface area contributed by atoms with Crippen LogP contribution >= 0.6 is 0 Å². The molecule has 170 valence electrons. The van der Waals surface area contributed by atoms with E-state index in [1.165, 1.54) is 10.9 Å². The van der Waals surface area contributed by atoms with Crippen LogP contribution in [0.25, 0.3) is 0 Å². The second kappa shape index (κ2) is 9.59. The Morgan fingerprint density at radius 1 is 1.35 bits per heavy atom. The summed E-state index contributed by atoms with van der Waals surface area (Å²) >= 11 is 0. The van der Waals surface area contributed by atoms with Gasteiger partial charge in [-0.1, -0.05) is 5.21 Å². The highest BCUT2D eigenvalue weighted by Crippen LogP contribution is 2.26. The number of nitrogens with one attached hydrogen (secondary N) is 1. The third-order valence-electron chi connectivity index (χ3n) is 5.54. The van der Waals surface area contributed by atoms with E-state index >= 15 is 0 Å². The number of rotatable bonds is 8. The van der Waals surface area contributed by atoms with Crippen LogP contribution in [0.1, 0.15) is 52.5 Å². The SMILES string of the molecule is COCCn1c(C)cc(C(=O)N2C[C@@H](F)C[C@H]2Cn2cc(C(=O)NC(C)C)nn2)c1C. The van der Waals surface area contributed by atoms with Gasteiger partial charge in [0, 0.05) is 37.5 Å². The summed E-state index contributed by atoms with van der Waals surface area (Å²) in [5.74, 6) is -0.507. The van der Waals surface area contributed by atoms with Crippen molar-refractivity contribution in [3.8, 4) is 0 Å². The Kier molecular flexibility index (Phi) is 7.09. The van der Waals surface area contributed by atoms with Crippen molar-refractivity contribution in [3.05, 3.63) is 34.9 Å². The smallest absolute Gasteiger partial charge is 0.273 e. The van der Waals surface area contributed by atoms with E-state index in [4.69, 9.17) is 4.74 Å². The monoisotopic (exact) mass is 434 g/mol. The molecule has 0 spiro atoms. The summed E-state index contributed by atoms with van der Waals surface area (Å²) < 4.78 is 23.0. The van der Waals surface area contributed by atoms with Crippen molar-refractivity contribution < 1.29 is 18.7 Å². The van der Waals surface area contributed by atoms with Gasteiger partial charge in [-0.2, -0.15) is 0 Å².